The molecule has 0 bridgehead atoms. The molecule has 2 N–H and O–H groups in total. The number of hydrogen-bond donors (Lipinski definition) is 1. The zero-order chi connectivity index (χ0) is 11.5. The zero-order valence-electron chi connectivity index (χ0n) is 10.3. The van der Waals surface area contributed by atoms with Gasteiger partial charge in [-0.05, 0) is 43.9 Å². The minimum atomic E-state index is 0.501. The Labute approximate surface area is 97.6 Å². The normalized spacial score (nSPS) is 16.0. The maximum Gasteiger partial charge on any atom is 0.120 e. The SMILES string of the molecule is CCN(Cc1cc(C)c(CN)o1)CC1CC1. The van der Waals surface area contributed by atoms with Crippen LogP contribution in [0.3, 0.4) is 0 Å². The molecule has 0 saturated heterocycles. The molecule has 3 heteroatoms. The smallest absolute Gasteiger partial charge is 0.120 e. The Balaban J connectivity index is 1.94. The summed E-state index contributed by atoms with van der Waals surface area (Å²) in [7, 11) is 0. The van der Waals surface area contributed by atoms with Crippen molar-refractivity contribution < 1.29 is 4.42 Å². The molecule has 2 rings (SSSR count). The van der Waals surface area contributed by atoms with Gasteiger partial charge in [0, 0.05) is 6.54 Å². The number of nitrogens with zero attached hydrogens (tertiary/aromatic N) is 1. The van der Waals surface area contributed by atoms with Crippen molar-refractivity contribution in [3.8, 4) is 0 Å². The first-order valence-electron chi connectivity index (χ1n) is 6.23. The highest BCUT2D eigenvalue weighted by molar-refractivity contribution is 5.19. The lowest BCUT2D eigenvalue weighted by atomic mass is 10.2. The van der Waals surface area contributed by atoms with E-state index in [1.54, 1.807) is 0 Å². The van der Waals surface area contributed by atoms with E-state index in [0.29, 0.717) is 6.54 Å². The second kappa shape index (κ2) is 5.02. The van der Waals surface area contributed by atoms with Crippen molar-refractivity contribution in [3.63, 3.8) is 0 Å². The molecule has 0 unspecified atom stereocenters. The topological polar surface area (TPSA) is 42.4 Å². The summed E-state index contributed by atoms with van der Waals surface area (Å²) in [6.45, 7) is 8.01. The number of nitrogens with two attached hydrogens (primary N) is 1. The van der Waals surface area contributed by atoms with Crippen LogP contribution in [0.4, 0.5) is 0 Å². The number of rotatable bonds is 6. The third-order valence-electron chi connectivity index (χ3n) is 3.30. The molecule has 16 heavy (non-hydrogen) atoms. The lowest BCUT2D eigenvalue weighted by molar-refractivity contribution is 0.243. The predicted molar refractivity (Wildman–Crippen MR) is 65.0 cm³/mol. The molecular formula is C13H22N2O. The lowest BCUT2D eigenvalue weighted by Crippen LogP contribution is -2.24. The Bertz CT molecular complexity index is 342. The summed E-state index contributed by atoms with van der Waals surface area (Å²) >= 11 is 0. The Hall–Kier alpha value is -0.800. The summed E-state index contributed by atoms with van der Waals surface area (Å²) < 4.78 is 5.73. The van der Waals surface area contributed by atoms with Gasteiger partial charge in [-0.2, -0.15) is 0 Å². The summed E-state index contributed by atoms with van der Waals surface area (Å²) in [5.74, 6) is 2.92. The minimum absolute atomic E-state index is 0.501. The van der Waals surface area contributed by atoms with E-state index >= 15 is 0 Å². The zero-order valence-corrected chi connectivity index (χ0v) is 10.3. The molecule has 0 amide bonds. The van der Waals surface area contributed by atoms with Gasteiger partial charge in [0.1, 0.15) is 11.5 Å². The van der Waals surface area contributed by atoms with Crippen molar-refractivity contribution in [2.45, 2.75) is 39.8 Å². The first kappa shape index (κ1) is 11.7. The fourth-order valence-corrected chi connectivity index (χ4v) is 2.06. The molecule has 0 aromatic carbocycles. The molecule has 1 aliphatic carbocycles. The van der Waals surface area contributed by atoms with Gasteiger partial charge in [0.2, 0.25) is 0 Å². The predicted octanol–water partition coefficient (Wildman–Crippen LogP) is 2.28. The Morgan fingerprint density at radius 3 is 2.75 bits per heavy atom. The molecule has 1 aromatic rings. The van der Waals surface area contributed by atoms with Crippen molar-refractivity contribution in [1.29, 1.82) is 0 Å². The van der Waals surface area contributed by atoms with E-state index in [-0.39, 0.29) is 0 Å². The van der Waals surface area contributed by atoms with Gasteiger partial charge in [-0.3, -0.25) is 4.90 Å². The van der Waals surface area contributed by atoms with Crippen molar-refractivity contribution in [2.24, 2.45) is 11.7 Å². The molecule has 0 aliphatic heterocycles. The van der Waals surface area contributed by atoms with E-state index in [4.69, 9.17) is 10.2 Å². The Morgan fingerprint density at radius 2 is 2.25 bits per heavy atom. The Kier molecular flexibility index (Phi) is 3.66. The molecule has 1 fully saturated rings. The molecular weight excluding hydrogens is 200 g/mol. The van der Waals surface area contributed by atoms with E-state index in [2.05, 4.69) is 24.8 Å². The highest BCUT2D eigenvalue weighted by atomic mass is 16.3. The van der Waals surface area contributed by atoms with Gasteiger partial charge in [-0.25, -0.2) is 0 Å². The quantitative estimate of drug-likeness (QED) is 0.803. The van der Waals surface area contributed by atoms with Crippen LogP contribution in [0.15, 0.2) is 10.5 Å². The molecule has 1 saturated carbocycles. The fraction of sp³-hybridized carbons (Fsp3) is 0.692. The molecule has 1 aliphatic rings. The standard InChI is InChI=1S/C13H22N2O/c1-3-15(8-11-4-5-11)9-12-6-10(2)13(7-14)16-12/h6,11H,3-5,7-9,14H2,1-2H3. The Morgan fingerprint density at radius 1 is 1.50 bits per heavy atom. The van der Waals surface area contributed by atoms with Gasteiger partial charge in [0.25, 0.3) is 0 Å². The van der Waals surface area contributed by atoms with E-state index in [1.165, 1.54) is 24.9 Å². The largest absolute Gasteiger partial charge is 0.463 e. The van der Waals surface area contributed by atoms with Gasteiger partial charge >= 0.3 is 0 Å². The average molecular weight is 222 g/mol. The first-order chi connectivity index (χ1) is 7.72. The molecule has 3 nitrogen and oxygen atoms in total. The first-order valence-corrected chi connectivity index (χ1v) is 6.23. The summed E-state index contributed by atoms with van der Waals surface area (Å²) in [6.07, 6.45) is 2.81. The van der Waals surface area contributed by atoms with Crippen LogP contribution in [0, 0.1) is 12.8 Å². The van der Waals surface area contributed by atoms with Gasteiger partial charge in [-0.15, -0.1) is 0 Å². The third kappa shape index (κ3) is 2.86. The second-order valence-electron chi connectivity index (χ2n) is 4.79. The highest BCUT2D eigenvalue weighted by Gasteiger charge is 2.24. The molecule has 0 spiro atoms. The fourth-order valence-electron chi connectivity index (χ4n) is 2.06. The lowest BCUT2D eigenvalue weighted by Gasteiger charge is -2.18. The van der Waals surface area contributed by atoms with Crippen LogP contribution in [0.2, 0.25) is 0 Å². The van der Waals surface area contributed by atoms with E-state index in [9.17, 15) is 0 Å². The van der Waals surface area contributed by atoms with Crippen molar-refractivity contribution in [2.75, 3.05) is 13.1 Å². The summed E-state index contributed by atoms with van der Waals surface area (Å²) in [4.78, 5) is 2.45. The molecule has 0 radical (unpaired) electrons. The van der Waals surface area contributed by atoms with Crippen LogP contribution < -0.4 is 5.73 Å². The molecule has 0 atom stereocenters. The summed E-state index contributed by atoms with van der Waals surface area (Å²) in [6, 6.07) is 2.12. The number of hydrogen-bond acceptors (Lipinski definition) is 3. The summed E-state index contributed by atoms with van der Waals surface area (Å²) in [5.41, 5.74) is 6.79. The monoisotopic (exact) mass is 222 g/mol. The highest BCUT2D eigenvalue weighted by Crippen LogP contribution is 2.30. The van der Waals surface area contributed by atoms with Crippen LogP contribution in [-0.4, -0.2) is 18.0 Å². The van der Waals surface area contributed by atoms with Crippen LogP contribution >= 0.6 is 0 Å². The van der Waals surface area contributed by atoms with Crippen molar-refractivity contribution >= 4 is 0 Å². The third-order valence-corrected chi connectivity index (χ3v) is 3.30. The van der Waals surface area contributed by atoms with Crippen LogP contribution in [0.25, 0.3) is 0 Å². The van der Waals surface area contributed by atoms with E-state index in [1.807, 2.05) is 0 Å². The maximum absolute atomic E-state index is 5.73. The van der Waals surface area contributed by atoms with Gasteiger partial charge in [-0.1, -0.05) is 6.92 Å². The molecule has 90 valence electrons. The van der Waals surface area contributed by atoms with Crippen LogP contribution in [0.5, 0.6) is 0 Å². The van der Waals surface area contributed by atoms with Gasteiger partial charge < -0.3 is 10.2 Å². The number of aryl methyl sites for hydroxylation is 1. The van der Waals surface area contributed by atoms with E-state index < -0.39 is 0 Å². The summed E-state index contributed by atoms with van der Waals surface area (Å²) in [5, 5.41) is 0. The van der Waals surface area contributed by atoms with Crippen molar-refractivity contribution in [1.82, 2.24) is 4.90 Å². The van der Waals surface area contributed by atoms with Gasteiger partial charge in [0.05, 0.1) is 13.1 Å². The molecule has 1 heterocycles. The second-order valence-corrected chi connectivity index (χ2v) is 4.79. The van der Waals surface area contributed by atoms with Crippen LogP contribution in [0.1, 0.15) is 36.8 Å². The number of furan rings is 1. The van der Waals surface area contributed by atoms with Crippen molar-refractivity contribution in [3.05, 3.63) is 23.2 Å². The van der Waals surface area contributed by atoms with E-state index in [0.717, 1.165) is 30.5 Å². The van der Waals surface area contributed by atoms with Gasteiger partial charge in [0.15, 0.2) is 0 Å². The molecule has 1 aromatic heterocycles. The maximum atomic E-state index is 5.73. The minimum Gasteiger partial charge on any atom is -0.463 e. The van der Waals surface area contributed by atoms with Crippen LogP contribution in [-0.2, 0) is 13.1 Å². The average Bonchev–Trinajstić information content (AvgIpc) is 3.01.